The molecule has 2 aromatic rings. The maximum absolute atomic E-state index is 12.5. The Kier molecular flexibility index (Phi) is 2.51. The first kappa shape index (κ1) is 12.8. The lowest BCUT2D eigenvalue weighted by Gasteiger charge is -2.20. The van der Waals surface area contributed by atoms with Gasteiger partial charge >= 0.3 is 0 Å². The molecule has 1 aromatic heterocycles. The van der Waals surface area contributed by atoms with E-state index in [4.69, 9.17) is 0 Å². The van der Waals surface area contributed by atoms with Gasteiger partial charge in [-0.1, -0.05) is 6.92 Å². The van der Waals surface area contributed by atoms with Crippen LogP contribution in [0.25, 0.3) is 10.9 Å². The van der Waals surface area contributed by atoms with Crippen LogP contribution in [-0.2, 0) is 10.2 Å². The summed E-state index contributed by atoms with van der Waals surface area (Å²) in [5.41, 5.74) is 1.68. The van der Waals surface area contributed by atoms with Crippen molar-refractivity contribution >= 4 is 22.5 Å². The number of carbonyl (C=O) groups excluding carboxylic acids is 1. The highest BCUT2D eigenvalue weighted by Crippen LogP contribution is 2.44. The predicted molar refractivity (Wildman–Crippen MR) is 78.2 cm³/mol. The molecule has 0 aliphatic carbocycles. The number of aryl methyl sites for hydroxylation is 1. The zero-order valence-electron chi connectivity index (χ0n) is 12.1. The third-order valence-electron chi connectivity index (χ3n) is 4.38. The number of anilines is 1. The van der Waals surface area contributed by atoms with E-state index in [0.717, 1.165) is 11.3 Å². The number of hydrogen-bond donors (Lipinski definition) is 1. The fraction of sp³-hybridized carbons (Fsp3) is 0.400. The molecule has 5 heteroatoms. The van der Waals surface area contributed by atoms with Gasteiger partial charge in [-0.25, -0.2) is 4.98 Å². The Bertz CT molecular complexity index is 794. The smallest absolute Gasteiger partial charge is 0.258 e. The summed E-state index contributed by atoms with van der Waals surface area (Å²) < 4.78 is 0. The lowest BCUT2D eigenvalue weighted by atomic mass is 9.81. The number of rotatable bonds is 1. The van der Waals surface area contributed by atoms with Crippen LogP contribution in [0.5, 0.6) is 0 Å². The van der Waals surface area contributed by atoms with E-state index < -0.39 is 5.41 Å². The van der Waals surface area contributed by atoms with Gasteiger partial charge in [0, 0.05) is 12.7 Å². The minimum absolute atomic E-state index is 0.0680. The summed E-state index contributed by atoms with van der Waals surface area (Å²) in [7, 11) is 1.77. The quantitative estimate of drug-likeness (QED) is 0.861. The van der Waals surface area contributed by atoms with Crippen molar-refractivity contribution in [3.63, 3.8) is 0 Å². The first-order valence-electron chi connectivity index (χ1n) is 6.72. The lowest BCUT2D eigenvalue weighted by Crippen LogP contribution is -2.35. The molecule has 3 rings (SSSR count). The van der Waals surface area contributed by atoms with E-state index in [9.17, 15) is 9.59 Å². The molecule has 0 fully saturated rings. The molecule has 1 aromatic carbocycles. The molecule has 1 aliphatic rings. The first-order valence-corrected chi connectivity index (χ1v) is 6.72. The highest BCUT2D eigenvalue weighted by Gasteiger charge is 2.44. The van der Waals surface area contributed by atoms with Crippen LogP contribution in [0.1, 0.15) is 31.7 Å². The van der Waals surface area contributed by atoms with Gasteiger partial charge in [-0.15, -0.1) is 0 Å². The van der Waals surface area contributed by atoms with E-state index in [1.807, 2.05) is 26.0 Å². The molecule has 2 heterocycles. The Balaban J connectivity index is 2.41. The van der Waals surface area contributed by atoms with Crippen LogP contribution in [0.15, 0.2) is 16.9 Å². The van der Waals surface area contributed by atoms with E-state index in [2.05, 4.69) is 9.97 Å². The molecule has 1 N–H and O–H groups in total. The van der Waals surface area contributed by atoms with Crippen LogP contribution in [0.4, 0.5) is 5.69 Å². The summed E-state index contributed by atoms with van der Waals surface area (Å²) in [5.74, 6) is 0.645. The fourth-order valence-electron chi connectivity index (χ4n) is 2.95. The second-order valence-electron chi connectivity index (χ2n) is 5.59. The summed E-state index contributed by atoms with van der Waals surface area (Å²) in [6, 6.07) is 3.66. The monoisotopic (exact) mass is 271 g/mol. The Morgan fingerprint density at radius 1 is 1.35 bits per heavy atom. The fourth-order valence-corrected chi connectivity index (χ4v) is 2.95. The van der Waals surface area contributed by atoms with Crippen molar-refractivity contribution in [3.8, 4) is 0 Å². The number of nitrogens with one attached hydrogen (secondary N) is 1. The average Bonchev–Trinajstić information content (AvgIpc) is 2.60. The number of likely N-dealkylation sites (N-methyl/N-ethyl adjacent to an activating group) is 1. The largest absolute Gasteiger partial charge is 0.314 e. The SMILES string of the molecule is CCC1(C)C(=O)N(C)c2cc3nc(C)[nH]c(=O)c3cc21. The van der Waals surface area contributed by atoms with E-state index in [0.29, 0.717) is 23.1 Å². The summed E-state index contributed by atoms with van der Waals surface area (Å²) in [6.07, 6.45) is 0.700. The van der Waals surface area contributed by atoms with Crippen LogP contribution >= 0.6 is 0 Å². The molecule has 0 spiro atoms. The van der Waals surface area contributed by atoms with Crippen LogP contribution < -0.4 is 10.5 Å². The second-order valence-corrected chi connectivity index (χ2v) is 5.59. The maximum Gasteiger partial charge on any atom is 0.258 e. The standard InChI is InChI=1S/C15H17N3O2/c1-5-15(3)10-6-9-11(16-8(2)17-13(9)19)7-12(10)18(4)14(15)20/h6-7H,5H2,1-4H3,(H,16,17,19). The summed E-state index contributed by atoms with van der Waals surface area (Å²) in [6.45, 7) is 5.67. The molecule has 1 unspecified atom stereocenters. The van der Waals surface area contributed by atoms with Gasteiger partial charge in [-0.2, -0.15) is 0 Å². The molecule has 1 aliphatic heterocycles. The van der Waals surface area contributed by atoms with Gasteiger partial charge in [0.2, 0.25) is 5.91 Å². The molecular formula is C15H17N3O2. The Morgan fingerprint density at radius 2 is 2.05 bits per heavy atom. The normalized spacial score (nSPS) is 21.6. The number of hydrogen-bond acceptors (Lipinski definition) is 3. The van der Waals surface area contributed by atoms with Crippen molar-refractivity contribution in [1.29, 1.82) is 0 Å². The third-order valence-corrected chi connectivity index (χ3v) is 4.38. The van der Waals surface area contributed by atoms with Gasteiger partial charge in [0.1, 0.15) is 5.82 Å². The molecular weight excluding hydrogens is 254 g/mol. The maximum atomic E-state index is 12.5. The van der Waals surface area contributed by atoms with Crippen LogP contribution in [0.2, 0.25) is 0 Å². The molecule has 0 radical (unpaired) electrons. The number of aromatic nitrogens is 2. The number of nitrogens with zero attached hydrogens (tertiary/aromatic N) is 2. The van der Waals surface area contributed by atoms with Crippen LogP contribution in [-0.4, -0.2) is 22.9 Å². The van der Waals surface area contributed by atoms with Crippen LogP contribution in [0.3, 0.4) is 0 Å². The van der Waals surface area contributed by atoms with E-state index in [1.54, 1.807) is 18.9 Å². The van der Waals surface area contributed by atoms with Gasteiger partial charge in [0.15, 0.2) is 0 Å². The zero-order valence-corrected chi connectivity index (χ0v) is 12.1. The van der Waals surface area contributed by atoms with Crippen molar-refractivity contribution in [2.75, 3.05) is 11.9 Å². The number of H-pyrrole nitrogens is 1. The summed E-state index contributed by atoms with van der Waals surface area (Å²) >= 11 is 0. The highest BCUT2D eigenvalue weighted by molar-refractivity contribution is 6.09. The van der Waals surface area contributed by atoms with Gasteiger partial charge < -0.3 is 9.88 Å². The summed E-state index contributed by atoms with van der Waals surface area (Å²) in [5, 5.41) is 0.539. The van der Waals surface area contributed by atoms with Gasteiger partial charge in [-0.3, -0.25) is 9.59 Å². The van der Waals surface area contributed by atoms with Crippen molar-refractivity contribution < 1.29 is 4.79 Å². The predicted octanol–water partition coefficient (Wildman–Crippen LogP) is 1.88. The summed E-state index contributed by atoms with van der Waals surface area (Å²) in [4.78, 5) is 33.3. The number of carbonyl (C=O) groups is 1. The Labute approximate surface area is 116 Å². The van der Waals surface area contributed by atoms with Gasteiger partial charge in [-0.05, 0) is 38.0 Å². The van der Waals surface area contributed by atoms with E-state index in [1.165, 1.54) is 0 Å². The van der Waals surface area contributed by atoms with Crippen molar-refractivity contribution in [3.05, 3.63) is 33.9 Å². The van der Waals surface area contributed by atoms with Gasteiger partial charge in [0.05, 0.1) is 16.3 Å². The van der Waals surface area contributed by atoms with Crippen molar-refractivity contribution in [2.24, 2.45) is 0 Å². The minimum Gasteiger partial charge on any atom is -0.314 e. The average molecular weight is 271 g/mol. The van der Waals surface area contributed by atoms with Crippen molar-refractivity contribution in [2.45, 2.75) is 32.6 Å². The Hall–Kier alpha value is -2.17. The zero-order chi connectivity index (χ0) is 14.7. The molecule has 0 bridgehead atoms. The topological polar surface area (TPSA) is 66.1 Å². The molecule has 1 atom stereocenters. The molecule has 104 valence electrons. The van der Waals surface area contributed by atoms with Crippen LogP contribution in [0, 0.1) is 6.92 Å². The first-order chi connectivity index (χ1) is 9.38. The van der Waals surface area contributed by atoms with Gasteiger partial charge in [0.25, 0.3) is 5.56 Å². The number of benzene rings is 1. The molecule has 5 nitrogen and oxygen atoms in total. The molecule has 0 saturated carbocycles. The van der Waals surface area contributed by atoms with E-state index >= 15 is 0 Å². The van der Waals surface area contributed by atoms with E-state index in [-0.39, 0.29) is 11.5 Å². The second kappa shape index (κ2) is 3.91. The minimum atomic E-state index is -0.560. The highest BCUT2D eigenvalue weighted by atomic mass is 16.2. The number of aromatic amines is 1. The number of fused-ring (bicyclic) bond motifs is 2. The Morgan fingerprint density at radius 3 is 2.70 bits per heavy atom. The molecule has 0 saturated heterocycles. The molecule has 20 heavy (non-hydrogen) atoms. The molecule has 1 amide bonds. The third kappa shape index (κ3) is 1.46. The van der Waals surface area contributed by atoms with Crippen molar-refractivity contribution in [1.82, 2.24) is 9.97 Å². The number of amides is 1. The lowest BCUT2D eigenvalue weighted by molar-refractivity contribution is -0.122.